The Balaban J connectivity index is 2.19. The second-order valence-corrected chi connectivity index (χ2v) is 4.90. The molecule has 4 heteroatoms. The molecule has 16 heavy (non-hydrogen) atoms. The van der Waals surface area contributed by atoms with Crippen LogP contribution in [0.5, 0.6) is 0 Å². The van der Waals surface area contributed by atoms with E-state index in [0.717, 1.165) is 30.1 Å². The first-order chi connectivity index (χ1) is 7.64. The Morgan fingerprint density at radius 2 is 2.19 bits per heavy atom. The average Bonchev–Trinajstić information content (AvgIpc) is 2.30. The summed E-state index contributed by atoms with van der Waals surface area (Å²) in [6.07, 6.45) is 1.85. The van der Waals surface area contributed by atoms with Gasteiger partial charge in [-0.3, -0.25) is 0 Å². The van der Waals surface area contributed by atoms with E-state index in [1.165, 1.54) is 0 Å². The van der Waals surface area contributed by atoms with E-state index in [1.807, 2.05) is 24.3 Å². The van der Waals surface area contributed by atoms with Gasteiger partial charge in [-0.2, -0.15) is 0 Å². The molecule has 1 heterocycles. The van der Waals surface area contributed by atoms with Gasteiger partial charge in [-0.15, -0.1) is 0 Å². The fourth-order valence-electron chi connectivity index (χ4n) is 2.20. The average molecular weight is 241 g/mol. The van der Waals surface area contributed by atoms with E-state index in [4.69, 9.17) is 17.3 Å². The van der Waals surface area contributed by atoms with Gasteiger partial charge in [-0.05, 0) is 25.0 Å². The quantitative estimate of drug-likeness (QED) is 0.826. The Kier molecular flexibility index (Phi) is 3.38. The standard InChI is InChI=1S/C12H17ClN2O/c13-10-4-1-2-5-11(10)15-7-3-6-12(14,8-15)9-16/h1-2,4-5,16H,3,6-9,14H2. The number of aliphatic hydroxyl groups excluding tert-OH is 1. The molecule has 3 N–H and O–H groups in total. The van der Waals surface area contributed by atoms with Gasteiger partial charge in [0.2, 0.25) is 0 Å². The number of hydrogen-bond donors (Lipinski definition) is 2. The second kappa shape index (κ2) is 4.62. The van der Waals surface area contributed by atoms with Crippen LogP contribution in [0, 0.1) is 0 Å². The number of para-hydroxylation sites is 1. The van der Waals surface area contributed by atoms with Gasteiger partial charge in [0.05, 0.1) is 22.9 Å². The van der Waals surface area contributed by atoms with Gasteiger partial charge in [0.15, 0.2) is 0 Å². The smallest absolute Gasteiger partial charge is 0.0639 e. The number of halogens is 1. The van der Waals surface area contributed by atoms with Crippen LogP contribution in [0.15, 0.2) is 24.3 Å². The lowest BCUT2D eigenvalue weighted by atomic mass is 9.91. The van der Waals surface area contributed by atoms with E-state index >= 15 is 0 Å². The topological polar surface area (TPSA) is 49.5 Å². The van der Waals surface area contributed by atoms with Gasteiger partial charge >= 0.3 is 0 Å². The molecule has 0 aromatic heterocycles. The van der Waals surface area contributed by atoms with Crippen molar-refractivity contribution in [2.45, 2.75) is 18.4 Å². The van der Waals surface area contributed by atoms with Crippen LogP contribution < -0.4 is 10.6 Å². The summed E-state index contributed by atoms with van der Waals surface area (Å²) < 4.78 is 0. The van der Waals surface area contributed by atoms with Crippen molar-refractivity contribution in [1.82, 2.24) is 0 Å². The van der Waals surface area contributed by atoms with Crippen molar-refractivity contribution in [3.8, 4) is 0 Å². The molecule has 0 aliphatic carbocycles. The monoisotopic (exact) mass is 240 g/mol. The summed E-state index contributed by atoms with van der Waals surface area (Å²) >= 11 is 6.15. The van der Waals surface area contributed by atoms with Crippen molar-refractivity contribution >= 4 is 17.3 Å². The minimum absolute atomic E-state index is 0.0218. The maximum Gasteiger partial charge on any atom is 0.0639 e. The van der Waals surface area contributed by atoms with Crippen molar-refractivity contribution < 1.29 is 5.11 Å². The van der Waals surface area contributed by atoms with Gasteiger partial charge in [-0.1, -0.05) is 23.7 Å². The molecule has 3 nitrogen and oxygen atoms in total. The molecule has 1 saturated heterocycles. The zero-order chi connectivity index (χ0) is 11.6. The molecule has 0 spiro atoms. The molecule has 1 aliphatic rings. The summed E-state index contributed by atoms with van der Waals surface area (Å²) in [5.74, 6) is 0. The molecular weight excluding hydrogens is 224 g/mol. The SMILES string of the molecule is NC1(CO)CCCN(c2ccccc2Cl)C1. The summed E-state index contributed by atoms with van der Waals surface area (Å²) in [6.45, 7) is 1.63. The van der Waals surface area contributed by atoms with Crippen LogP contribution in [0.25, 0.3) is 0 Å². The van der Waals surface area contributed by atoms with Gasteiger partial charge < -0.3 is 15.7 Å². The molecule has 0 bridgehead atoms. The fourth-order valence-corrected chi connectivity index (χ4v) is 2.46. The summed E-state index contributed by atoms with van der Waals surface area (Å²) in [5.41, 5.74) is 6.62. The Morgan fingerprint density at radius 1 is 1.44 bits per heavy atom. The summed E-state index contributed by atoms with van der Waals surface area (Å²) in [6, 6.07) is 7.75. The van der Waals surface area contributed by atoms with Crippen molar-refractivity contribution in [3.05, 3.63) is 29.3 Å². The third kappa shape index (κ3) is 2.32. The van der Waals surface area contributed by atoms with Crippen molar-refractivity contribution in [2.75, 3.05) is 24.6 Å². The van der Waals surface area contributed by atoms with Crippen LogP contribution in [0.4, 0.5) is 5.69 Å². The maximum absolute atomic E-state index is 9.30. The van der Waals surface area contributed by atoms with Crippen molar-refractivity contribution in [1.29, 1.82) is 0 Å². The van der Waals surface area contributed by atoms with E-state index in [9.17, 15) is 5.11 Å². The summed E-state index contributed by atoms with van der Waals surface area (Å²) in [5, 5.41) is 10.0. The minimum Gasteiger partial charge on any atom is -0.394 e. The molecule has 1 unspecified atom stereocenters. The Morgan fingerprint density at radius 3 is 2.88 bits per heavy atom. The van der Waals surface area contributed by atoms with Crippen LogP contribution in [0.3, 0.4) is 0 Å². The highest BCUT2D eigenvalue weighted by Crippen LogP contribution is 2.29. The number of rotatable bonds is 2. The van der Waals surface area contributed by atoms with E-state index in [0.29, 0.717) is 6.54 Å². The number of piperidine rings is 1. The zero-order valence-electron chi connectivity index (χ0n) is 9.19. The normalized spacial score (nSPS) is 25.8. The van der Waals surface area contributed by atoms with Crippen LogP contribution in [-0.4, -0.2) is 30.3 Å². The Bertz CT molecular complexity index is 372. The third-order valence-electron chi connectivity index (χ3n) is 3.12. The number of anilines is 1. The first kappa shape index (κ1) is 11.7. The Hall–Kier alpha value is -0.770. The van der Waals surface area contributed by atoms with Crippen LogP contribution in [0.2, 0.25) is 5.02 Å². The number of benzene rings is 1. The van der Waals surface area contributed by atoms with Gasteiger partial charge in [0.1, 0.15) is 0 Å². The van der Waals surface area contributed by atoms with Gasteiger partial charge in [-0.25, -0.2) is 0 Å². The van der Waals surface area contributed by atoms with Gasteiger partial charge in [0.25, 0.3) is 0 Å². The summed E-state index contributed by atoms with van der Waals surface area (Å²) in [4.78, 5) is 2.15. The van der Waals surface area contributed by atoms with E-state index < -0.39 is 5.54 Å². The lowest BCUT2D eigenvalue weighted by molar-refractivity contribution is 0.177. The first-order valence-corrected chi connectivity index (χ1v) is 5.92. The molecule has 1 fully saturated rings. The molecule has 88 valence electrons. The highest BCUT2D eigenvalue weighted by molar-refractivity contribution is 6.33. The van der Waals surface area contributed by atoms with E-state index in [2.05, 4.69) is 4.90 Å². The minimum atomic E-state index is -0.489. The predicted octanol–water partition coefficient (Wildman–Crippen LogP) is 1.63. The number of hydrogen-bond acceptors (Lipinski definition) is 3. The molecule has 1 aromatic rings. The highest BCUT2D eigenvalue weighted by Gasteiger charge is 2.31. The van der Waals surface area contributed by atoms with E-state index in [-0.39, 0.29) is 6.61 Å². The first-order valence-electron chi connectivity index (χ1n) is 5.54. The molecule has 1 aromatic carbocycles. The number of nitrogens with two attached hydrogens (primary N) is 1. The van der Waals surface area contributed by atoms with Crippen molar-refractivity contribution in [3.63, 3.8) is 0 Å². The lowest BCUT2D eigenvalue weighted by Crippen LogP contribution is -2.56. The molecule has 2 rings (SSSR count). The predicted molar refractivity (Wildman–Crippen MR) is 66.9 cm³/mol. The molecule has 1 aliphatic heterocycles. The second-order valence-electron chi connectivity index (χ2n) is 4.50. The Labute approximate surface area is 101 Å². The molecule has 0 radical (unpaired) electrons. The molecule has 0 amide bonds. The van der Waals surface area contributed by atoms with Gasteiger partial charge in [0, 0.05) is 13.1 Å². The van der Waals surface area contributed by atoms with E-state index in [1.54, 1.807) is 0 Å². The molecular formula is C12H17ClN2O. The third-order valence-corrected chi connectivity index (χ3v) is 3.44. The summed E-state index contributed by atoms with van der Waals surface area (Å²) in [7, 11) is 0. The number of aliphatic hydroxyl groups is 1. The lowest BCUT2D eigenvalue weighted by Gasteiger charge is -2.40. The molecule has 1 atom stereocenters. The van der Waals surface area contributed by atoms with Crippen LogP contribution in [-0.2, 0) is 0 Å². The van der Waals surface area contributed by atoms with Crippen LogP contribution in [0.1, 0.15) is 12.8 Å². The van der Waals surface area contributed by atoms with Crippen LogP contribution >= 0.6 is 11.6 Å². The maximum atomic E-state index is 9.30. The zero-order valence-corrected chi connectivity index (χ0v) is 9.95. The highest BCUT2D eigenvalue weighted by atomic mass is 35.5. The van der Waals surface area contributed by atoms with Crippen molar-refractivity contribution in [2.24, 2.45) is 5.73 Å². The number of nitrogens with zero attached hydrogens (tertiary/aromatic N) is 1. The fraction of sp³-hybridized carbons (Fsp3) is 0.500. The molecule has 0 saturated carbocycles. The largest absolute Gasteiger partial charge is 0.394 e.